The second kappa shape index (κ2) is 5.43. The number of benzene rings is 1. The van der Waals surface area contributed by atoms with Gasteiger partial charge in [0.25, 0.3) is 5.91 Å². The normalized spacial score (nSPS) is 27.8. The Kier molecular flexibility index (Phi) is 3.41. The molecule has 2 bridgehead atoms. The smallest absolute Gasteiger partial charge is 0.251 e. The largest absolute Gasteiger partial charge is 0.461 e. The van der Waals surface area contributed by atoms with Gasteiger partial charge < -0.3 is 14.6 Å². The first-order chi connectivity index (χ1) is 10.7. The molecule has 0 aliphatic carbocycles. The first-order valence-electron chi connectivity index (χ1n) is 8.21. The van der Waals surface area contributed by atoms with Crippen molar-refractivity contribution in [1.29, 1.82) is 0 Å². The molecule has 1 aromatic heterocycles. The van der Waals surface area contributed by atoms with Gasteiger partial charge in [0.05, 0.1) is 0 Å². The van der Waals surface area contributed by atoms with Crippen LogP contribution in [-0.2, 0) is 0 Å². The van der Waals surface area contributed by atoms with Crippen LogP contribution in [0.5, 0.6) is 0 Å². The van der Waals surface area contributed by atoms with Crippen LogP contribution in [0.2, 0.25) is 0 Å². The number of nitrogens with one attached hydrogen (secondary N) is 1. The van der Waals surface area contributed by atoms with Gasteiger partial charge in [-0.15, -0.1) is 0 Å². The molecule has 2 aromatic rings. The Morgan fingerprint density at radius 3 is 2.91 bits per heavy atom. The van der Waals surface area contributed by atoms with Crippen molar-refractivity contribution < 1.29 is 9.21 Å². The number of aryl methyl sites for hydroxylation is 1. The molecule has 0 spiro atoms. The predicted molar refractivity (Wildman–Crippen MR) is 86.0 cm³/mol. The molecular weight excluding hydrogens is 276 g/mol. The van der Waals surface area contributed by atoms with Gasteiger partial charge in [-0.1, -0.05) is 6.07 Å². The highest BCUT2D eigenvalue weighted by molar-refractivity contribution is 5.97. The number of piperidine rings is 1. The average molecular weight is 298 g/mol. The molecule has 4 nitrogen and oxygen atoms in total. The van der Waals surface area contributed by atoms with Crippen LogP contribution in [0.1, 0.15) is 35.4 Å². The molecule has 1 N–H and O–H groups in total. The van der Waals surface area contributed by atoms with E-state index in [1.54, 1.807) is 0 Å². The van der Waals surface area contributed by atoms with E-state index < -0.39 is 0 Å². The zero-order valence-electron chi connectivity index (χ0n) is 13.0. The Labute approximate surface area is 130 Å². The fourth-order valence-electron chi connectivity index (χ4n) is 3.87. The maximum absolute atomic E-state index is 12.5. The van der Waals surface area contributed by atoms with Crippen LogP contribution >= 0.6 is 0 Å². The highest BCUT2D eigenvalue weighted by Crippen LogP contribution is 2.27. The van der Waals surface area contributed by atoms with Gasteiger partial charge in [0.15, 0.2) is 0 Å². The van der Waals surface area contributed by atoms with Gasteiger partial charge in [0.2, 0.25) is 0 Å². The number of carbonyl (C=O) groups is 1. The molecule has 1 aromatic carbocycles. The molecule has 4 heterocycles. The van der Waals surface area contributed by atoms with Crippen molar-refractivity contribution in [2.24, 2.45) is 5.92 Å². The zero-order valence-corrected chi connectivity index (χ0v) is 13.0. The number of furan rings is 1. The molecule has 1 atom stereocenters. The van der Waals surface area contributed by atoms with Crippen molar-refractivity contribution in [1.82, 2.24) is 10.2 Å². The lowest BCUT2D eigenvalue weighted by Gasteiger charge is -2.26. The third-order valence-corrected chi connectivity index (χ3v) is 5.04. The quantitative estimate of drug-likeness (QED) is 0.927. The molecule has 0 radical (unpaired) electrons. The van der Waals surface area contributed by atoms with Crippen molar-refractivity contribution in [3.8, 4) is 0 Å². The molecule has 3 saturated heterocycles. The Morgan fingerprint density at radius 2 is 2.09 bits per heavy atom. The van der Waals surface area contributed by atoms with Gasteiger partial charge in [0, 0.05) is 23.5 Å². The summed E-state index contributed by atoms with van der Waals surface area (Å²) in [5.74, 6) is 1.67. The summed E-state index contributed by atoms with van der Waals surface area (Å²) in [4.78, 5) is 15.0. The maximum Gasteiger partial charge on any atom is 0.251 e. The Balaban J connectivity index is 1.50. The standard InChI is InChI=1S/C18H22N2O2/c1-12-8-14-2-3-15(10-17(14)22-12)18(21)19-16-9-13-4-6-20(11-16)7-5-13/h2-3,8,10,13,16H,4-7,9,11H2,1H3,(H,19,21)/t16-/m1/s1. The lowest BCUT2D eigenvalue weighted by molar-refractivity contribution is 0.0929. The van der Waals surface area contributed by atoms with Crippen LogP contribution in [0.15, 0.2) is 28.7 Å². The molecule has 3 aliphatic heterocycles. The van der Waals surface area contributed by atoms with E-state index in [1.165, 1.54) is 25.9 Å². The highest BCUT2D eigenvalue weighted by atomic mass is 16.3. The molecule has 1 amide bonds. The SMILES string of the molecule is Cc1cc2ccc(C(=O)N[C@@H]3CC4CCN(CC4)C3)cc2o1. The Morgan fingerprint density at radius 1 is 1.27 bits per heavy atom. The number of rotatable bonds is 2. The summed E-state index contributed by atoms with van der Waals surface area (Å²) in [6.07, 6.45) is 3.68. The third kappa shape index (κ3) is 2.63. The van der Waals surface area contributed by atoms with Crippen molar-refractivity contribution in [3.05, 3.63) is 35.6 Å². The first kappa shape index (κ1) is 13.8. The van der Waals surface area contributed by atoms with Gasteiger partial charge in [0.1, 0.15) is 11.3 Å². The first-order valence-corrected chi connectivity index (χ1v) is 8.21. The minimum atomic E-state index is 0.0171. The minimum Gasteiger partial charge on any atom is -0.461 e. The van der Waals surface area contributed by atoms with E-state index in [2.05, 4.69) is 10.2 Å². The van der Waals surface area contributed by atoms with Crippen LogP contribution in [-0.4, -0.2) is 36.5 Å². The molecule has 0 saturated carbocycles. The number of fused-ring (bicyclic) bond motifs is 5. The third-order valence-electron chi connectivity index (χ3n) is 5.04. The van der Waals surface area contributed by atoms with Gasteiger partial charge in [-0.3, -0.25) is 4.79 Å². The molecule has 3 aliphatic rings. The van der Waals surface area contributed by atoms with Crippen molar-refractivity contribution in [2.45, 2.75) is 32.2 Å². The van der Waals surface area contributed by atoms with E-state index in [-0.39, 0.29) is 11.9 Å². The fourth-order valence-corrected chi connectivity index (χ4v) is 3.87. The van der Waals surface area contributed by atoms with E-state index in [9.17, 15) is 4.79 Å². The Bertz CT molecular complexity index is 684. The topological polar surface area (TPSA) is 45.5 Å². The van der Waals surface area contributed by atoms with E-state index >= 15 is 0 Å². The van der Waals surface area contributed by atoms with Crippen LogP contribution in [0.4, 0.5) is 0 Å². The molecule has 4 heteroatoms. The number of nitrogens with zero attached hydrogens (tertiary/aromatic N) is 1. The van der Waals surface area contributed by atoms with Gasteiger partial charge in [-0.2, -0.15) is 0 Å². The minimum absolute atomic E-state index is 0.0171. The average Bonchev–Trinajstić information content (AvgIpc) is 2.66. The lowest BCUT2D eigenvalue weighted by atomic mass is 9.94. The van der Waals surface area contributed by atoms with Crippen LogP contribution < -0.4 is 5.32 Å². The molecule has 5 rings (SSSR count). The van der Waals surface area contributed by atoms with E-state index in [0.29, 0.717) is 5.56 Å². The van der Waals surface area contributed by atoms with Crippen molar-refractivity contribution in [2.75, 3.05) is 19.6 Å². The maximum atomic E-state index is 12.5. The van der Waals surface area contributed by atoms with Crippen LogP contribution in [0.25, 0.3) is 11.0 Å². The summed E-state index contributed by atoms with van der Waals surface area (Å²) in [5, 5.41) is 4.27. The van der Waals surface area contributed by atoms with Crippen LogP contribution in [0, 0.1) is 12.8 Å². The lowest BCUT2D eigenvalue weighted by Crippen LogP contribution is -2.41. The van der Waals surface area contributed by atoms with Crippen molar-refractivity contribution >= 4 is 16.9 Å². The summed E-state index contributed by atoms with van der Waals surface area (Å²) < 4.78 is 5.62. The molecular formula is C18H22N2O2. The van der Waals surface area contributed by atoms with Crippen molar-refractivity contribution in [3.63, 3.8) is 0 Å². The van der Waals surface area contributed by atoms with E-state index in [1.807, 2.05) is 31.2 Å². The fraction of sp³-hybridized carbons (Fsp3) is 0.500. The van der Waals surface area contributed by atoms with E-state index in [4.69, 9.17) is 4.42 Å². The zero-order chi connectivity index (χ0) is 15.1. The van der Waals surface area contributed by atoms with Gasteiger partial charge in [-0.05, 0) is 63.4 Å². The second-order valence-corrected chi connectivity index (χ2v) is 6.76. The Hall–Kier alpha value is -1.81. The number of carbonyl (C=O) groups excluding carboxylic acids is 1. The number of hydrogen-bond acceptors (Lipinski definition) is 3. The summed E-state index contributed by atoms with van der Waals surface area (Å²) in [7, 11) is 0. The summed E-state index contributed by atoms with van der Waals surface area (Å²) >= 11 is 0. The molecule has 22 heavy (non-hydrogen) atoms. The van der Waals surface area contributed by atoms with Crippen LogP contribution in [0.3, 0.4) is 0 Å². The summed E-state index contributed by atoms with van der Waals surface area (Å²) in [6, 6.07) is 7.96. The van der Waals surface area contributed by atoms with Gasteiger partial charge >= 0.3 is 0 Å². The second-order valence-electron chi connectivity index (χ2n) is 6.76. The summed E-state index contributed by atoms with van der Waals surface area (Å²) in [6.45, 7) is 5.29. The molecule has 0 unspecified atom stereocenters. The van der Waals surface area contributed by atoms with E-state index in [0.717, 1.165) is 35.6 Å². The highest BCUT2D eigenvalue weighted by Gasteiger charge is 2.29. The van der Waals surface area contributed by atoms with Gasteiger partial charge in [-0.25, -0.2) is 0 Å². The predicted octanol–water partition coefficient (Wildman–Crippen LogP) is 2.96. The summed E-state index contributed by atoms with van der Waals surface area (Å²) in [5.41, 5.74) is 1.48. The monoisotopic (exact) mass is 298 g/mol. The molecule has 3 fully saturated rings. The molecule has 116 valence electrons. The number of hydrogen-bond donors (Lipinski definition) is 1. The number of amides is 1.